The number of rotatable bonds is 4. The molecule has 2 aromatic rings. The summed E-state index contributed by atoms with van der Waals surface area (Å²) in [7, 11) is 1.60. The number of hydrogen-bond acceptors (Lipinski definition) is 4. The first kappa shape index (κ1) is 12.8. The van der Waals surface area contributed by atoms with Gasteiger partial charge in [-0.05, 0) is 42.0 Å². The van der Waals surface area contributed by atoms with Crippen LogP contribution in [0.3, 0.4) is 0 Å². The maximum Gasteiger partial charge on any atom is 0.140 e. The minimum absolute atomic E-state index is 0.147. The molecule has 0 aliphatic carbocycles. The lowest BCUT2D eigenvalue weighted by Gasteiger charge is -2.13. The van der Waals surface area contributed by atoms with Crippen LogP contribution in [0.4, 0.5) is 5.69 Å². The molecule has 2 N–H and O–H groups in total. The summed E-state index contributed by atoms with van der Waals surface area (Å²) in [6.45, 7) is 0. The van der Waals surface area contributed by atoms with Crippen molar-refractivity contribution in [2.24, 2.45) is 0 Å². The van der Waals surface area contributed by atoms with Crippen LogP contribution in [-0.2, 0) is 0 Å². The van der Waals surface area contributed by atoms with Crippen molar-refractivity contribution in [1.82, 2.24) is 0 Å². The van der Waals surface area contributed by atoms with Gasteiger partial charge in [0.05, 0.1) is 13.2 Å². The molecule has 0 saturated carbocycles. The Morgan fingerprint density at radius 1 is 1.21 bits per heavy atom. The number of phenolic OH excluding ortho intramolecular Hbond substituents is 1. The highest BCUT2D eigenvalue weighted by Crippen LogP contribution is 2.23. The second-order valence-electron chi connectivity index (χ2n) is 4.03. The zero-order valence-electron chi connectivity index (χ0n) is 10.5. The summed E-state index contributed by atoms with van der Waals surface area (Å²) in [6.07, 6.45) is 0. The van der Waals surface area contributed by atoms with Gasteiger partial charge >= 0.3 is 0 Å². The predicted molar refractivity (Wildman–Crippen MR) is 73.1 cm³/mol. The molecule has 1 atom stereocenters. The van der Waals surface area contributed by atoms with Crippen molar-refractivity contribution in [3.8, 4) is 17.6 Å². The van der Waals surface area contributed by atoms with Gasteiger partial charge in [-0.15, -0.1) is 0 Å². The molecule has 0 aliphatic heterocycles. The van der Waals surface area contributed by atoms with E-state index in [4.69, 9.17) is 4.74 Å². The van der Waals surface area contributed by atoms with Crippen molar-refractivity contribution in [3.63, 3.8) is 0 Å². The fraction of sp³-hybridized carbons (Fsp3) is 0.133. The molecule has 4 nitrogen and oxygen atoms in total. The monoisotopic (exact) mass is 254 g/mol. The molecule has 0 amide bonds. The average Bonchev–Trinajstić information content (AvgIpc) is 2.45. The van der Waals surface area contributed by atoms with Gasteiger partial charge in [-0.3, -0.25) is 0 Å². The summed E-state index contributed by atoms with van der Waals surface area (Å²) in [5.74, 6) is 0.908. The van der Waals surface area contributed by atoms with E-state index in [9.17, 15) is 10.4 Å². The molecule has 0 bridgehead atoms. The van der Waals surface area contributed by atoms with Crippen LogP contribution in [0.5, 0.6) is 11.5 Å². The number of phenols is 1. The topological polar surface area (TPSA) is 65.3 Å². The van der Waals surface area contributed by atoms with E-state index in [0.29, 0.717) is 0 Å². The third kappa shape index (κ3) is 3.17. The Labute approximate surface area is 111 Å². The smallest absolute Gasteiger partial charge is 0.140 e. The third-order valence-corrected chi connectivity index (χ3v) is 2.73. The van der Waals surface area contributed by atoms with E-state index in [1.165, 1.54) is 0 Å². The first-order chi connectivity index (χ1) is 9.22. The number of methoxy groups -OCH3 is 1. The quantitative estimate of drug-likeness (QED) is 0.880. The van der Waals surface area contributed by atoms with Crippen molar-refractivity contribution >= 4 is 5.69 Å². The second kappa shape index (κ2) is 5.78. The Bertz CT molecular complexity index is 588. The van der Waals surface area contributed by atoms with Crippen molar-refractivity contribution in [1.29, 1.82) is 5.26 Å². The highest BCUT2D eigenvalue weighted by atomic mass is 16.5. The van der Waals surface area contributed by atoms with Gasteiger partial charge in [-0.25, -0.2) is 0 Å². The number of nitriles is 1. The molecule has 0 heterocycles. The lowest BCUT2D eigenvalue weighted by Crippen LogP contribution is -2.08. The Hall–Kier alpha value is -2.67. The highest BCUT2D eigenvalue weighted by Gasteiger charge is 2.10. The van der Waals surface area contributed by atoms with E-state index in [2.05, 4.69) is 11.4 Å². The fourth-order valence-electron chi connectivity index (χ4n) is 1.75. The molecule has 0 aromatic heterocycles. The van der Waals surface area contributed by atoms with E-state index >= 15 is 0 Å². The molecule has 0 saturated heterocycles. The maximum atomic E-state index is 9.44. The van der Waals surface area contributed by atoms with Crippen LogP contribution < -0.4 is 10.1 Å². The molecule has 0 aliphatic rings. The van der Waals surface area contributed by atoms with Crippen LogP contribution >= 0.6 is 0 Å². The Morgan fingerprint density at radius 3 is 2.53 bits per heavy atom. The Kier molecular flexibility index (Phi) is 3.89. The van der Waals surface area contributed by atoms with Crippen molar-refractivity contribution in [2.45, 2.75) is 6.04 Å². The van der Waals surface area contributed by atoms with Crippen molar-refractivity contribution < 1.29 is 9.84 Å². The van der Waals surface area contributed by atoms with Gasteiger partial charge in [0, 0.05) is 5.69 Å². The Balaban J connectivity index is 2.17. The minimum Gasteiger partial charge on any atom is -0.508 e. The van der Waals surface area contributed by atoms with Gasteiger partial charge in [0.25, 0.3) is 0 Å². The molecule has 0 fully saturated rings. The molecule has 0 radical (unpaired) electrons. The number of ether oxygens (including phenoxy) is 1. The van der Waals surface area contributed by atoms with Crippen LogP contribution in [0.2, 0.25) is 0 Å². The first-order valence-electron chi connectivity index (χ1n) is 5.82. The number of hydrogen-bond donors (Lipinski definition) is 2. The summed E-state index contributed by atoms with van der Waals surface area (Å²) < 4.78 is 5.08. The van der Waals surface area contributed by atoms with Gasteiger partial charge in [0.2, 0.25) is 0 Å². The van der Waals surface area contributed by atoms with Gasteiger partial charge in [-0.2, -0.15) is 5.26 Å². The summed E-state index contributed by atoms with van der Waals surface area (Å²) in [4.78, 5) is 0. The largest absolute Gasteiger partial charge is 0.508 e. The zero-order valence-corrected chi connectivity index (χ0v) is 10.5. The van der Waals surface area contributed by atoms with Gasteiger partial charge < -0.3 is 15.2 Å². The van der Waals surface area contributed by atoms with E-state index in [1.54, 1.807) is 31.4 Å². The molecule has 2 rings (SSSR count). The first-order valence-corrected chi connectivity index (χ1v) is 5.82. The molecular weight excluding hydrogens is 240 g/mol. The van der Waals surface area contributed by atoms with Gasteiger partial charge in [0.1, 0.15) is 17.5 Å². The lowest BCUT2D eigenvalue weighted by molar-refractivity contribution is 0.415. The van der Waals surface area contributed by atoms with Crippen LogP contribution in [0.25, 0.3) is 0 Å². The average molecular weight is 254 g/mol. The van der Waals surface area contributed by atoms with E-state index in [1.807, 2.05) is 24.3 Å². The lowest BCUT2D eigenvalue weighted by atomic mass is 10.1. The van der Waals surface area contributed by atoms with Crippen LogP contribution in [0.1, 0.15) is 11.6 Å². The Morgan fingerprint density at radius 2 is 1.95 bits per heavy atom. The number of benzene rings is 2. The molecule has 19 heavy (non-hydrogen) atoms. The van der Waals surface area contributed by atoms with E-state index in [-0.39, 0.29) is 5.75 Å². The normalized spacial score (nSPS) is 11.4. The number of aromatic hydroxyl groups is 1. The SMILES string of the molecule is COc1ccc(NC(C#N)c2cccc(O)c2)cc1. The van der Waals surface area contributed by atoms with Crippen LogP contribution in [-0.4, -0.2) is 12.2 Å². The fourth-order valence-corrected chi connectivity index (χ4v) is 1.75. The summed E-state index contributed by atoms with van der Waals surface area (Å²) in [5.41, 5.74) is 1.54. The summed E-state index contributed by atoms with van der Waals surface area (Å²) in [6, 6.07) is 15.6. The number of nitrogens with zero attached hydrogens (tertiary/aromatic N) is 1. The van der Waals surface area contributed by atoms with E-state index < -0.39 is 6.04 Å². The molecule has 0 spiro atoms. The summed E-state index contributed by atoms with van der Waals surface area (Å²) in [5, 5.41) is 21.7. The second-order valence-corrected chi connectivity index (χ2v) is 4.03. The number of nitrogens with one attached hydrogen (secondary N) is 1. The van der Waals surface area contributed by atoms with Crippen molar-refractivity contribution in [2.75, 3.05) is 12.4 Å². The highest BCUT2D eigenvalue weighted by molar-refractivity contribution is 5.50. The van der Waals surface area contributed by atoms with E-state index in [0.717, 1.165) is 17.0 Å². The van der Waals surface area contributed by atoms with Crippen LogP contribution in [0, 0.1) is 11.3 Å². The molecule has 96 valence electrons. The summed E-state index contributed by atoms with van der Waals surface area (Å²) >= 11 is 0. The predicted octanol–water partition coefficient (Wildman–Crippen LogP) is 3.08. The van der Waals surface area contributed by atoms with Crippen LogP contribution in [0.15, 0.2) is 48.5 Å². The van der Waals surface area contributed by atoms with Crippen molar-refractivity contribution in [3.05, 3.63) is 54.1 Å². The number of anilines is 1. The van der Waals surface area contributed by atoms with Gasteiger partial charge in [0.15, 0.2) is 0 Å². The molecule has 2 aromatic carbocycles. The van der Waals surface area contributed by atoms with Gasteiger partial charge in [-0.1, -0.05) is 12.1 Å². The maximum absolute atomic E-state index is 9.44. The standard InChI is InChI=1S/C15H14N2O2/c1-19-14-7-5-12(6-8-14)17-15(10-16)11-3-2-4-13(18)9-11/h2-9,15,17-18H,1H3. The molecule has 1 unspecified atom stereocenters. The molecular formula is C15H14N2O2. The molecule has 4 heteroatoms. The zero-order chi connectivity index (χ0) is 13.7. The third-order valence-electron chi connectivity index (χ3n) is 2.73. The minimum atomic E-state index is -0.513.